The molecule has 1 spiro atoms. The number of fused-ring (bicyclic) bond motifs is 1. The van der Waals surface area contributed by atoms with Crippen LogP contribution in [0.15, 0.2) is 18.2 Å². The van der Waals surface area contributed by atoms with Crippen LogP contribution < -0.4 is 0 Å². The van der Waals surface area contributed by atoms with Gasteiger partial charge in [-0.2, -0.15) is 0 Å². The minimum absolute atomic E-state index is 0.183. The number of hydrogen-bond donors (Lipinski definition) is 0. The van der Waals surface area contributed by atoms with Gasteiger partial charge in [0.2, 0.25) is 0 Å². The quantitative estimate of drug-likeness (QED) is 0.574. The highest BCUT2D eigenvalue weighted by atomic mass is 16.6. The van der Waals surface area contributed by atoms with Crippen molar-refractivity contribution < 1.29 is 9.72 Å². The van der Waals surface area contributed by atoms with E-state index >= 15 is 0 Å². The molecule has 4 heteroatoms. The predicted molar refractivity (Wildman–Crippen MR) is 71.0 cm³/mol. The molecule has 0 unspecified atom stereocenters. The Kier molecular flexibility index (Phi) is 2.88. The van der Waals surface area contributed by atoms with Crippen LogP contribution in [0.25, 0.3) is 0 Å². The zero-order valence-corrected chi connectivity index (χ0v) is 10.9. The molecular formula is C15H17NO3. The standard InChI is InChI=1S/C15H17NO3/c17-14-4-7-15(8-5-14)6-3-11-1-2-13(16(18)19)9-12(11)10-15/h1-2,9H,3-8,10H2. The molecule has 19 heavy (non-hydrogen) atoms. The van der Waals surface area contributed by atoms with E-state index in [-0.39, 0.29) is 16.0 Å². The lowest BCUT2D eigenvalue weighted by molar-refractivity contribution is -0.385. The molecule has 0 aromatic heterocycles. The van der Waals surface area contributed by atoms with E-state index in [1.807, 2.05) is 6.07 Å². The van der Waals surface area contributed by atoms with Crippen molar-refractivity contribution in [1.82, 2.24) is 0 Å². The molecule has 0 N–H and O–H groups in total. The molecule has 1 aromatic rings. The van der Waals surface area contributed by atoms with Gasteiger partial charge in [-0.05, 0) is 48.6 Å². The van der Waals surface area contributed by atoms with E-state index in [9.17, 15) is 14.9 Å². The molecule has 2 aliphatic rings. The van der Waals surface area contributed by atoms with Crippen molar-refractivity contribution in [2.75, 3.05) is 0 Å². The maximum Gasteiger partial charge on any atom is 0.269 e. The summed E-state index contributed by atoms with van der Waals surface area (Å²) in [4.78, 5) is 21.9. The number of rotatable bonds is 1. The summed E-state index contributed by atoms with van der Waals surface area (Å²) in [6.07, 6.45) is 6.28. The summed E-state index contributed by atoms with van der Waals surface area (Å²) in [6, 6.07) is 5.22. The van der Waals surface area contributed by atoms with Gasteiger partial charge >= 0.3 is 0 Å². The van der Waals surface area contributed by atoms with Crippen LogP contribution in [0.3, 0.4) is 0 Å². The Bertz CT molecular complexity index is 540. The van der Waals surface area contributed by atoms with Crippen LogP contribution in [-0.2, 0) is 17.6 Å². The Labute approximate surface area is 112 Å². The third kappa shape index (κ3) is 2.27. The van der Waals surface area contributed by atoms with Gasteiger partial charge in [-0.25, -0.2) is 0 Å². The van der Waals surface area contributed by atoms with Gasteiger partial charge in [-0.15, -0.1) is 0 Å². The highest BCUT2D eigenvalue weighted by Gasteiger charge is 2.37. The summed E-state index contributed by atoms with van der Waals surface area (Å²) in [7, 11) is 0. The maximum absolute atomic E-state index is 11.4. The van der Waals surface area contributed by atoms with Crippen molar-refractivity contribution in [1.29, 1.82) is 0 Å². The van der Waals surface area contributed by atoms with Crippen molar-refractivity contribution in [2.24, 2.45) is 5.41 Å². The minimum Gasteiger partial charge on any atom is -0.300 e. The molecule has 0 amide bonds. The molecule has 0 bridgehead atoms. The number of aryl methyl sites for hydroxylation is 1. The van der Waals surface area contributed by atoms with Crippen molar-refractivity contribution >= 4 is 11.5 Å². The van der Waals surface area contributed by atoms with Gasteiger partial charge in [0, 0.05) is 25.0 Å². The van der Waals surface area contributed by atoms with E-state index in [1.54, 1.807) is 12.1 Å². The molecule has 0 heterocycles. The van der Waals surface area contributed by atoms with Gasteiger partial charge in [-0.3, -0.25) is 14.9 Å². The summed E-state index contributed by atoms with van der Waals surface area (Å²) in [5.41, 5.74) is 2.77. The van der Waals surface area contributed by atoms with Crippen LogP contribution in [0.1, 0.15) is 43.2 Å². The molecule has 1 aromatic carbocycles. The molecule has 0 saturated heterocycles. The minimum atomic E-state index is -0.327. The molecule has 2 aliphatic carbocycles. The van der Waals surface area contributed by atoms with E-state index in [1.165, 1.54) is 5.56 Å². The van der Waals surface area contributed by atoms with Crippen LogP contribution in [0, 0.1) is 15.5 Å². The number of carbonyl (C=O) groups is 1. The van der Waals surface area contributed by atoms with E-state index in [2.05, 4.69) is 0 Å². The largest absolute Gasteiger partial charge is 0.300 e. The van der Waals surface area contributed by atoms with E-state index in [0.29, 0.717) is 18.6 Å². The lowest BCUT2D eigenvalue weighted by Gasteiger charge is -2.40. The monoisotopic (exact) mass is 259 g/mol. The molecule has 0 radical (unpaired) electrons. The van der Waals surface area contributed by atoms with E-state index in [0.717, 1.165) is 37.7 Å². The third-order valence-electron chi connectivity index (χ3n) is 4.76. The first kappa shape index (κ1) is 12.3. The molecule has 100 valence electrons. The average molecular weight is 259 g/mol. The number of non-ortho nitro benzene ring substituents is 1. The Morgan fingerprint density at radius 2 is 1.74 bits per heavy atom. The Hall–Kier alpha value is -1.71. The second kappa shape index (κ2) is 4.44. The van der Waals surface area contributed by atoms with Crippen molar-refractivity contribution in [3.05, 3.63) is 39.4 Å². The van der Waals surface area contributed by atoms with Crippen molar-refractivity contribution in [2.45, 2.75) is 44.9 Å². The zero-order valence-electron chi connectivity index (χ0n) is 10.9. The van der Waals surface area contributed by atoms with Gasteiger partial charge in [0.05, 0.1) is 4.92 Å². The van der Waals surface area contributed by atoms with Crippen LogP contribution in [0.4, 0.5) is 5.69 Å². The number of hydrogen-bond acceptors (Lipinski definition) is 3. The van der Waals surface area contributed by atoms with Gasteiger partial charge < -0.3 is 0 Å². The Morgan fingerprint density at radius 3 is 2.42 bits per heavy atom. The lowest BCUT2D eigenvalue weighted by atomic mass is 9.64. The smallest absolute Gasteiger partial charge is 0.269 e. The number of benzene rings is 1. The van der Waals surface area contributed by atoms with Crippen LogP contribution in [0.5, 0.6) is 0 Å². The zero-order chi connectivity index (χ0) is 13.5. The Morgan fingerprint density at radius 1 is 1.05 bits per heavy atom. The maximum atomic E-state index is 11.4. The highest BCUT2D eigenvalue weighted by molar-refractivity contribution is 5.79. The second-order valence-electron chi connectivity index (χ2n) is 5.93. The highest BCUT2D eigenvalue weighted by Crippen LogP contribution is 2.45. The van der Waals surface area contributed by atoms with Crippen LogP contribution in [0.2, 0.25) is 0 Å². The fraction of sp³-hybridized carbons (Fsp3) is 0.533. The average Bonchev–Trinajstić information content (AvgIpc) is 2.41. The lowest BCUT2D eigenvalue weighted by Crippen LogP contribution is -2.33. The van der Waals surface area contributed by atoms with Gasteiger partial charge in [-0.1, -0.05) is 6.07 Å². The molecular weight excluding hydrogens is 242 g/mol. The molecule has 4 nitrogen and oxygen atoms in total. The fourth-order valence-electron chi connectivity index (χ4n) is 3.51. The summed E-state index contributed by atoms with van der Waals surface area (Å²) in [6.45, 7) is 0. The van der Waals surface area contributed by atoms with Gasteiger partial charge in [0.15, 0.2) is 0 Å². The first-order chi connectivity index (χ1) is 9.08. The third-order valence-corrected chi connectivity index (χ3v) is 4.76. The second-order valence-corrected chi connectivity index (χ2v) is 5.93. The summed E-state index contributed by atoms with van der Waals surface area (Å²) >= 11 is 0. The number of nitrogens with zero attached hydrogens (tertiary/aromatic N) is 1. The molecule has 3 rings (SSSR count). The van der Waals surface area contributed by atoms with Crippen LogP contribution in [-0.4, -0.2) is 10.7 Å². The van der Waals surface area contributed by atoms with Crippen molar-refractivity contribution in [3.8, 4) is 0 Å². The number of ketones is 1. The number of nitro benzene ring substituents is 1. The summed E-state index contributed by atoms with van der Waals surface area (Å²) < 4.78 is 0. The first-order valence-electron chi connectivity index (χ1n) is 6.86. The van der Waals surface area contributed by atoms with Gasteiger partial charge in [0.1, 0.15) is 5.78 Å². The summed E-state index contributed by atoms with van der Waals surface area (Å²) in [5.74, 6) is 0.371. The number of carbonyl (C=O) groups excluding carboxylic acids is 1. The first-order valence-corrected chi connectivity index (χ1v) is 6.86. The SMILES string of the molecule is O=C1CCC2(CC1)CCc1ccc([N+](=O)[O-])cc1C2. The number of Topliss-reactive ketones (excluding diaryl/α,β-unsaturated/α-hetero) is 1. The number of nitro groups is 1. The summed E-state index contributed by atoms with van der Waals surface area (Å²) in [5, 5.41) is 10.9. The topological polar surface area (TPSA) is 60.2 Å². The van der Waals surface area contributed by atoms with E-state index in [4.69, 9.17) is 0 Å². The normalized spacial score (nSPS) is 21.2. The molecule has 0 atom stereocenters. The van der Waals surface area contributed by atoms with Gasteiger partial charge in [0.25, 0.3) is 5.69 Å². The molecule has 1 saturated carbocycles. The van der Waals surface area contributed by atoms with E-state index < -0.39 is 0 Å². The predicted octanol–water partition coefficient (Wildman–Crippen LogP) is 3.21. The molecule has 1 fully saturated rings. The molecule has 0 aliphatic heterocycles. The van der Waals surface area contributed by atoms with Crippen molar-refractivity contribution in [3.63, 3.8) is 0 Å². The fourth-order valence-corrected chi connectivity index (χ4v) is 3.51. The Balaban J connectivity index is 1.88. The van der Waals surface area contributed by atoms with Crippen LogP contribution >= 0.6 is 0 Å².